The zero-order chi connectivity index (χ0) is 11.1. The van der Waals surface area contributed by atoms with Crippen molar-refractivity contribution in [1.29, 1.82) is 0 Å². The Kier molecular flexibility index (Phi) is 4.81. The van der Waals surface area contributed by atoms with Crippen LogP contribution < -0.4 is 0 Å². The van der Waals surface area contributed by atoms with E-state index in [2.05, 4.69) is 6.92 Å². The fourth-order valence-electron chi connectivity index (χ4n) is 1.57. The molecule has 81 valence electrons. The third-order valence-corrected chi connectivity index (χ3v) is 2.38. The van der Waals surface area contributed by atoms with E-state index in [0.717, 1.165) is 37.7 Å². The summed E-state index contributed by atoms with van der Waals surface area (Å²) >= 11 is 0. The van der Waals surface area contributed by atoms with Crippen LogP contribution in [0, 0.1) is 17.0 Å². The molecule has 15 heavy (non-hydrogen) atoms. The van der Waals surface area contributed by atoms with Crippen LogP contribution in [0.1, 0.15) is 31.2 Å². The molecule has 0 aromatic heterocycles. The van der Waals surface area contributed by atoms with Crippen molar-refractivity contribution in [3.63, 3.8) is 0 Å². The molecule has 1 aromatic rings. The minimum absolute atomic E-state index is 0.243. The Morgan fingerprint density at radius 3 is 2.60 bits per heavy atom. The van der Waals surface area contributed by atoms with Gasteiger partial charge in [0.2, 0.25) is 0 Å². The zero-order valence-corrected chi connectivity index (χ0v) is 8.82. The van der Waals surface area contributed by atoms with Crippen LogP contribution in [0.25, 0.3) is 0 Å². The molecule has 0 saturated heterocycles. The number of para-hydroxylation sites is 1. The standard InChI is InChI=1S/C12H16NO2/c1-2-3-4-5-8-11-9-6-7-10-12(11)13(14)15/h6-7,9-10H,1-5,8H2. The van der Waals surface area contributed by atoms with Crippen LogP contribution in [0.2, 0.25) is 0 Å². The molecule has 0 bridgehead atoms. The van der Waals surface area contributed by atoms with Crippen LogP contribution >= 0.6 is 0 Å². The molecule has 3 nitrogen and oxygen atoms in total. The summed E-state index contributed by atoms with van der Waals surface area (Å²) in [5, 5.41) is 10.7. The number of aryl methyl sites for hydroxylation is 1. The second-order valence-corrected chi connectivity index (χ2v) is 3.55. The Labute approximate surface area is 90.3 Å². The molecule has 0 aliphatic carbocycles. The predicted molar refractivity (Wildman–Crippen MR) is 60.6 cm³/mol. The van der Waals surface area contributed by atoms with Gasteiger partial charge in [0, 0.05) is 11.6 Å². The number of nitrogens with zero attached hydrogens (tertiary/aromatic N) is 1. The number of rotatable bonds is 6. The smallest absolute Gasteiger partial charge is 0.258 e. The van der Waals surface area contributed by atoms with Crippen LogP contribution in [-0.4, -0.2) is 4.92 Å². The van der Waals surface area contributed by atoms with Gasteiger partial charge in [-0.25, -0.2) is 0 Å². The van der Waals surface area contributed by atoms with Gasteiger partial charge in [0.15, 0.2) is 0 Å². The molecule has 1 aromatic carbocycles. The molecular weight excluding hydrogens is 190 g/mol. The molecule has 1 rings (SSSR count). The third-order valence-electron chi connectivity index (χ3n) is 2.38. The van der Waals surface area contributed by atoms with Crippen LogP contribution in [-0.2, 0) is 6.42 Å². The highest BCUT2D eigenvalue weighted by molar-refractivity contribution is 5.39. The van der Waals surface area contributed by atoms with Crippen LogP contribution in [0.4, 0.5) is 5.69 Å². The van der Waals surface area contributed by atoms with Crippen molar-refractivity contribution >= 4 is 5.69 Å². The molecule has 0 unspecified atom stereocenters. The lowest BCUT2D eigenvalue weighted by Gasteiger charge is -2.02. The number of nitro groups is 1. The van der Waals surface area contributed by atoms with Crippen LogP contribution in [0.5, 0.6) is 0 Å². The van der Waals surface area contributed by atoms with Crippen molar-refractivity contribution in [2.75, 3.05) is 0 Å². The summed E-state index contributed by atoms with van der Waals surface area (Å²) in [6.45, 7) is 3.77. The normalized spacial score (nSPS) is 10.2. The SMILES string of the molecule is [CH2]CCCCCc1ccccc1[N+](=O)[O-]. The topological polar surface area (TPSA) is 43.1 Å². The highest BCUT2D eigenvalue weighted by Gasteiger charge is 2.10. The molecule has 0 heterocycles. The average molecular weight is 206 g/mol. The maximum absolute atomic E-state index is 10.7. The second-order valence-electron chi connectivity index (χ2n) is 3.55. The molecule has 0 N–H and O–H groups in total. The van der Waals surface area contributed by atoms with Crippen molar-refractivity contribution in [2.24, 2.45) is 0 Å². The first kappa shape index (κ1) is 11.7. The fourth-order valence-corrected chi connectivity index (χ4v) is 1.57. The van der Waals surface area contributed by atoms with E-state index < -0.39 is 0 Å². The number of hydrogen-bond acceptors (Lipinski definition) is 2. The maximum Gasteiger partial charge on any atom is 0.272 e. The molecule has 0 fully saturated rings. The molecule has 0 amide bonds. The lowest BCUT2D eigenvalue weighted by atomic mass is 10.0. The largest absolute Gasteiger partial charge is 0.272 e. The number of hydrogen-bond donors (Lipinski definition) is 0. The van der Waals surface area contributed by atoms with Crippen molar-refractivity contribution in [1.82, 2.24) is 0 Å². The molecule has 0 atom stereocenters. The van der Waals surface area contributed by atoms with Crippen molar-refractivity contribution in [3.8, 4) is 0 Å². The van der Waals surface area contributed by atoms with Gasteiger partial charge in [-0.05, 0) is 12.8 Å². The van der Waals surface area contributed by atoms with E-state index in [0.29, 0.717) is 0 Å². The fraction of sp³-hybridized carbons (Fsp3) is 0.417. The lowest BCUT2D eigenvalue weighted by molar-refractivity contribution is -0.385. The van der Waals surface area contributed by atoms with Crippen molar-refractivity contribution in [2.45, 2.75) is 32.1 Å². The number of benzene rings is 1. The highest BCUT2D eigenvalue weighted by Crippen LogP contribution is 2.19. The Hall–Kier alpha value is -1.38. The molecule has 0 aliphatic heterocycles. The zero-order valence-electron chi connectivity index (χ0n) is 8.82. The first-order valence-corrected chi connectivity index (χ1v) is 5.27. The maximum atomic E-state index is 10.7. The minimum atomic E-state index is -0.309. The summed E-state index contributed by atoms with van der Waals surface area (Å²) in [4.78, 5) is 10.4. The van der Waals surface area contributed by atoms with E-state index >= 15 is 0 Å². The Morgan fingerprint density at radius 2 is 1.93 bits per heavy atom. The summed E-state index contributed by atoms with van der Waals surface area (Å²) in [7, 11) is 0. The summed E-state index contributed by atoms with van der Waals surface area (Å²) in [6, 6.07) is 6.96. The first-order chi connectivity index (χ1) is 7.25. The van der Waals surface area contributed by atoms with E-state index in [1.54, 1.807) is 12.1 Å². The van der Waals surface area contributed by atoms with Crippen LogP contribution in [0.3, 0.4) is 0 Å². The van der Waals surface area contributed by atoms with E-state index in [-0.39, 0.29) is 10.6 Å². The number of nitro benzene ring substituents is 1. The van der Waals surface area contributed by atoms with Gasteiger partial charge >= 0.3 is 0 Å². The second kappa shape index (κ2) is 6.17. The van der Waals surface area contributed by atoms with Gasteiger partial charge in [-0.2, -0.15) is 0 Å². The van der Waals surface area contributed by atoms with Gasteiger partial charge in [-0.15, -0.1) is 0 Å². The van der Waals surface area contributed by atoms with E-state index in [1.165, 1.54) is 0 Å². The van der Waals surface area contributed by atoms with Gasteiger partial charge in [0.05, 0.1) is 4.92 Å². The molecule has 0 spiro atoms. The van der Waals surface area contributed by atoms with Gasteiger partial charge in [0.1, 0.15) is 0 Å². The van der Waals surface area contributed by atoms with Gasteiger partial charge in [0.25, 0.3) is 5.69 Å². The van der Waals surface area contributed by atoms with Crippen molar-refractivity contribution in [3.05, 3.63) is 46.9 Å². The first-order valence-electron chi connectivity index (χ1n) is 5.27. The van der Waals surface area contributed by atoms with Gasteiger partial charge in [-0.3, -0.25) is 10.1 Å². The van der Waals surface area contributed by atoms with Crippen molar-refractivity contribution < 1.29 is 4.92 Å². The van der Waals surface area contributed by atoms with Gasteiger partial charge in [-0.1, -0.05) is 44.4 Å². The van der Waals surface area contributed by atoms with E-state index in [9.17, 15) is 10.1 Å². The van der Waals surface area contributed by atoms with E-state index in [4.69, 9.17) is 0 Å². The summed E-state index contributed by atoms with van der Waals surface area (Å²) < 4.78 is 0. The molecule has 0 aliphatic rings. The summed E-state index contributed by atoms with van der Waals surface area (Å²) in [5.41, 5.74) is 1.08. The van der Waals surface area contributed by atoms with E-state index in [1.807, 2.05) is 12.1 Å². The molecular formula is C12H16NO2. The van der Waals surface area contributed by atoms with Gasteiger partial charge < -0.3 is 0 Å². The Balaban J connectivity index is 2.56. The Bertz CT molecular complexity index is 323. The monoisotopic (exact) mass is 206 g/mol. The lowest BCUT2D eigenvalue weighted by Crippen LogP contribution is -1.95. The quantitative estimate of drug-likeness (QED) is 0.406. The summed E-state index contributed by atoms with van der Waals surface area (Å²) in [6.07, 6.45) is 4.92. The predicted octanol–water partition coefficient (Wildman–Crippen LogP) is 3.53. The third kappa shape index (κ3) is 3.70. The number of unbranched alkanes of at least 4 members (excludes halogenated alkanes) is 3. The minimum Gasteiger partial charge on any atom is -0.258 e. The highest BCUT2D eigenvalue weighted by atomic mass is 16.6. The average Bonchev–Trinajstić information content (AvgIpc) is 2.25. The Morgan fingerprint density at radius 1 is 1.20 bits per heavy atom. The summed E-state index contributed by atoms with van der Waals surface area (Å²) in [5.74, 6) is 0. The van der Waals surface area contributed by atoms with Crippen LogP contribution in [0.15, 0.2) is 24.3 Å². The molecule has 3 heteroatoms. The molecule has 1 radical (unpaired) electrons. The molecule has 0 saturated carbocycles.